The average Bonchev–Trinajstić information content (AvgIpc) is 3.29. The van der Waals surface area contributed by atoms with Crippen molar-refractivity contribution in [3.8, 4) is 23.1 Å². The zero-order valence-electron chi connectivity index (χ0n) is 23.8. The van der Waals surface area contributed by atoms with Crippen molar-refractivity contribution in [3.63, 3.8) is 0 Å². The molecular weight excluding hydrogens is 560 g/mol. The fourth-order valence-electron chi connectivity index (χ4n) is 4.09. The van der Waals surface area contributed by atoms with Crippen LogP contribution in [0.3, 0.4) is 0 Å². The first-order chi connectivity index (χ1) is 19.9. The zero-order valence-corrected chi connectivity index (χ0v) is 24.7. The number of anilines is 1. The van der Waals surface area contributed by atoms with Crippen LogP contribution in [0.15, 0.2) is 71.6 Å². The minimum atomic E-state index is -4.16. The summed E-state index contributed by atoms with van der Waals surface area (Å²) in [5.41, 5.74) is 1.93. The number of carboxylic acid groups (broad SMARTS) is 1. The number of hydrogen-bond acceptors (Lipinski definition) is 7. The van der Waals surface area contributed by atoms with Crippen LogP contribution in [0.1, 0.15) is 52.2 Å². The van der Waals surface area contributed by atoms with Gasteiger partial charge in [0, 0.05) is 17.3 Å². The first-order valence-corrected chi connectivity index (χ1v) is 14.6. The van der Waals surface area contributed by atoms with Gasteiger partial charge < -0.3 is 19.9 Å². The Bertz CT molecular complexity index is 1730. The van der Waals surface area contributed by atoms with E-state index < -0.39 is 27.9 Å². The number of aromatic carboxylic acids is 1. The number of carbonyl (C=O) groups excluding carboxylic acids is 1. The molecule has 0 bridgehead atoms. The molecule has 12 heteroatoms. The molecule has 1 heterocycles. The van der Waals surface area contributed by atoms with Gasteiger partial charge in [-0.15, -0.1) is 0 Å². The van der Waals surface area contributed by atoms with Crippen LogP contribution in [0.2, 0.25) is 0 Å². The van der Waals surface area contributed by atoms with Crippen molar-refractivity contribution in [1.29, 1.82) is 0 Å². The summed E-state index contributed by atoms with van der Waals surface area (Å²) in [4.78, 5) is 24.7. The molecule has 1 unspecified atom stereocenters. The maximum atomic E-state index is 13.6. The monoisotopic (exact) mass is 592 g/mol. The van der Waals surface area contributed by atoms with Crippen molar-refractivity contribution in [2.75, 3.05) is 12.4 Å². The molecule has 220 valence electrons. The Morgan fingerprint density at radius 2 is 1.71 bits per heavy atom. The summed E-state index contributed by atoms with van der Waals surface area (Å²) < 4.78 is 42.5. The molecule has 11 nitrogen and oxygen atoms in total. The van der Waals surface area contributed by atoms with E-state index in [1.165, 1.54) is 36.9 Å². The predicted molar refractivity (Wildman–Crippen MR) is 158 cm³/mol. The third-order valence-electron chi connectivity index (χ3n) is 6.57. The lowest BCUT2D eigenvalue weighted by molar-refractivity contribution is 0.0689. The van der Waals surface area contributed by atoms with Crippen LogP contribution in [0.25, 0.3) is 5.69 Å². The number of nitrogens with zero attached hydrogens (tertiary/aromatic N) is 2. The molecule has 4 aromatic rings. The normalized spacial score (nSPS) is 12.0. The van der Waals surface area contributed by atoms with Crippen LogP contribution in [0.4, 0.5) is 5.69 Å². The molecular formula is C30H32N4O7S. The fraction of sp³-hybridized carbons (Fsp3) is 0.233. The number of para-hydroxylation sites is 1. The quantitative estimate of drug-likeness (QED) is 0.212. The van der Waals surface area contributed by atoms with Gasteiger partial charge in [0.15, 0.2) is 5.69 Å². The number of carbonyl (C=O) groups is 2. The van der Waals surface area contributed by atoms with Gasteiger partial charge in [0.2, 0.25) is 15.9 Å². The fourth-order valence-corrected chi connectivity index (χ4v) is 5.57. The number of nitrogens with one attached hydrogen (secondary N) is 2. The largest absolute Gasteiger partial charge is 0.496 e. The van der Waals surface area contributed by atoms with E-state index in [4.69, 9.17) is 9.47 Å². The number of methoxy groups -OCH3 is 1. The Kier molecular flexibility index (Phi) is 8.98. The van der Waals surface area contributed by atoms with E-state index in [9.17, 15) is 23.1 Å². The third kappa shape index (κ3) is 6.45. The van der Waals surface area contributed by atoms with Gasteiger partial charge >= 0.3 is 5.97 Å². The number of benzene rings is 3. The van der Waals surface area contributed by atoms with Gasteiger partial charge in [-0.1, -0.05) is 36.8 Å². The van der Waals surface area contributed by atoms with Gasteiger partial charge in [0.1, 0.15) is 16.4 Å². The number of amides is 1. The molecule has 42 heavy (non-hydrogen) atoms. The Labute approximate surface area is 244 Å². The number of ether oxygens (including phenoxy) is 2. The molecule has 1 amide bonds. The van der Waals surface area contributed by atoms with Gasteiger partial charge in [-0.2, -0.15) is 9.78 Å². The molecule has 4 rings (SSSR count). The minimum absolute atomic E-state index is 0.0297. The van der Waals surface area contributed by atoms with Crippen LogP contribution in [0, 0.1) is 13.8 Å². The first-order valence-electron chi connectivity index (χ1n) is 13.1. The van der Waals surface area contributed by atoms with Gasteiger partial charge in [-0.3, -0.25) is 4.79 Å². The van der Waals surface area contributed by atoms with Gasteiger partial charge in [-0.25, -0.2) is 17.9 Å². The highest BCUT2D eigenvalue weighted by Crippen LogP contribution is 2.36. The summed E-state index contributed by atoms with van der Waals surface area (Å²) in [5, 5.41) is 16.7. The highest BCUT2D eigenvalue weighted by Gasteiger charge is 2.27. The van der Waals surface area contributed by atoms with E-state index in [-0.39, 0.29) is 39.0 Å². The average molecular weight is 593 g/mol. The Balaban J connectivity index is 1.81. The smallest absolute Gasteiger partial charge is 0.356 e. The molecule has 0 saturated heterocycles. The maximum Gasteiger partial charge on any atom is 0.356 e. The maximum absolute atomic E-state index is 13.6. The molecule has 0 aliphatic carbocycles. The van der Waals surface area contributed by atoms with Crippen molar-refractivity contribution in [1.82, 2.24) is 14.5 Å². The number of carboxylic acids is 1. The van der Waals surface area contributed by atoms with Crippen molar-refractivity contribution < 1.29 is 32.6 Å². The summed E-state index contributed by atoms with van der Waals surface area (Å²) in [7, 11) is -2.71. The molecule has 0 fully saturated rings. The highest BCUT2D eigenvalue weighted by atomic mass is 32.2. The van der Waals surface area contributed by atoms with E-state index in [1.807, 2.05) is 26.0 Å². The Morgan fingerprint density at radius 1 is 1.02 bits per heavy atom. The van der Waals surface area contributed by atoms with Crippen molar-refractivity contribution in [3.05, 3.63) is 89.1 Å². The van der Waals surface area contributed by atoms with Gasteiger partial charge in [0.05, 0.1) is 18.4 Å². The number of rotatable bonds is 11. The van der Waals surface area contributed by atoms with E-state index in [2.05, 4.69) is 15.1 Å². The van der Waals surface area contributed by atoms with Crippen molar-refractivity contribution in [2.45, 2.75) is 45.1 Å². The van der Waals surface area contributed by atoms with Gasteiger partial charge in [-0.05, 0) is 69.7 Å². The summed E-state index contributed by atoms with van der Waals surface area (Å²) in [6.45, 7) is 7.00. The molecule has 0 aliphatic heterocycles. The topological polar surface area (TPSA) is 149 Å². The molecule has 1 aromatic heterocycles. The number of hydrogen-bond donors (Lipinski definition) is 3. The van der Waals surface area contributed by atoms with Gasteiger partial charge in [0.25, 0.3) is 5.91 Å². The summed E-state index contributed by atoms with van der Waals surface area (Å²) >= 11 is 0. The zero-order chi connectivity index (χ0) is 30.6. The minimum Gasteiger partial charge on any atom is -0.496 e. The van der Waals surface area contributed by atoms with Crippen LogP contribution >= 0.6 is 0 Å². The lowest BCUT2D eigenvalue weighted by Gasteiger charge is -2.18. The third-order valence-corrected chi connectivity index (χ3v) is 8.18. The number of aromatic nitrogens is 2. The molecule has 0 radical (unpaired) electrons. The standard InChI is InChI=1S/C30H32N4O7S/c1-6-19(3)33-42(38,39)26-17-21(31-28(35)23-9-7-8-10-24(23)40-5)13-16-25(26)41-29-20(4)27(30(36)37)32-34(29)22-14-11-18(2)12-15-22/h7-17,19,33H,6H2,1-5H3,(H,31,35)(H,36,37). The summed E-state index contributed by atoms with van der Waals surface area (Å²) in [6.07, 6.45) is 0.529. The highest BCUT2D eigenvalue weighted by molar-refractivity contribution is 7.89. The van der Waals surface area contributed by atoms with Crippen LogP contribution in [0.5, 0.6) is 17.4 Å². The van der Waals surface area contributed by atoms with Crippen molar-refractivity contribution in [2.24, 2.45) is 0 Å². The molecule has 1 atom stereocenters. The molecule has 3 N–H and O–H groups in total. The molecule has 0 saturated carbocycles. The summed E-state index contributed by atoms with van der Waals surface area (Å²) in [5.74, 6) is -1.46. The van der Waals surface area contributed by atoms with Crippen molar-refractivity contribution >= 4 is 27.6 Å². The summed E-state index contributed by atoms with van der Waals surface area (Å²) in [6, 6.07) is 17.6. The predicted octanol–water partition coefficient (Wildman–Crippen LogP) is 5.32. The van der Waals surface area contributed by atoms with E-state index >= 15 is 0 Å². The Morgan fingerprint density at radius 3 is 2.36 bits per heavy atom. The Hall–Kier alpha value is -4.68. The lowest BCUT2D eigenvalue weighted by Crippen LogP contribution is -2.32. The van der Waals surface area contributed by atoms with E-state index in [0.717, 1.165) is 5.56 Å². The molecule has 0 aliphatic rings. The second kappa shape index (κ2) is 12.5. The number of aryl methyl sites for hydroxylation is 1. The van der Waals surface area contributed by atoms with Crippen LogP contribution in [-0.4, -0.2) is 48.3 Å². The van der Waals surface area contributed by atoms with Crippen LogP contribution < -0.4 is 19.5 Å². The SMILES string of the molecule is CCC(C)NS(=O)(=O)c1cc(NC(=O)c2ccccc2OC)ccc1Oc1c(C)c(C(=O)O)nn1-c1ccc(C)cc1. The molecule has 3 aromatic carbocycles. The van der Waals surface area contributed by atoms with Crippen LogP contribution in [-0.2, 0) is 10.0 Å². The second-order valence-corrected chi connectivity index (χ2v) is 11.4. The second-order valence-electron chi connectivity index (χ2n) is 9.68. The first kappa shape index (κ1) is 30.3. The molecule has 0 spiro atoms. The lowest BCUT2D eigenvalue weighted by atomic mass is 10.2. The number of sulfonamides is 1. The van der Waals surface area contributed by atoms with E-state index in [1.54, 1.807) is 43.3 Å². The van der Waals surface area contributed by atoms with E-state index in [0.29, 0.717) is 17.9 Å².